The van der Waals surface area contributed by atoms with E-state index < -0.39 is 0 Å². The van der Waals surface area contributed by atoms with E-state index in [1.807, 2.05) is 0 Å². The molecule has 0 unspecified atom stereocenters. The summed E-state index contributed by atoms with van der Waals surface area (Å²) in [6, 6.07) is 3.36. The van der Waals surface area contributed by atoms with E-state index >= 15 is 0 Å². The molecule has 3 nitrogen and oxygen atoms in total. The molecule has 0 radical (unpaired) electrons. The number of halogens is 1. The van der Waals surface area contributed by atoms with Crippen molar-refractivity contribution in [1.82, 2.24) is 5.32 Å². The minimum absolute atomic E-state index is 0.0856. The Balaban J connectivity index is 2.45. The zero-order valence-electron chi connectivity index (χ0n) is 6.06. The van der Waals surface area contributed by atoms with Crippen molar-refractivity contribution in [3.8, 4) is 0 Å². The molecule has 1 rings (SSSR count). The number of rotatable bonds is 2. The van der Waals surface area contributed by atoms with Gasteiger partial charge in [-0.2, -0.15) is 0 Å². The zero-order valence-corrected chi connectivity index (χ0v) is 6.81. The van der Waals surface area contributed by atoms with Crippen LogP contribution in [0.2, 0.25) is 5.22 Å². The minimum Gasteiger partial charge on any atom is -0.448 e. The summed E-state index contributed by atoms with van der Waals surface area (Å²) in [4.78, 5) is 10.4. The monoisotopic (exact) mass is 173 g/mol. The molecule has 0 atom stereocenters. The van der Waals surface area contributed by atoms with Crippen LogP contribution < -0.4 is 5.32 Å². The highest BCUT2D eigenvalue weighted by Crippen LogP contribution is 2.12. The lowest BCUT2D eigenvalue weighted by atomic mass is 10.4. The van der Waals surface area contributed by atoms with Gasteiger partial charge in [0.15, 0.2) is 5.22 Å². The minimum atomic E-state index is -0.0856. The third-order valence-corrected chi connectivity index (χ3v) is 1.34. The van der Waals surface area contributed by atoms with Crippen molar-refractivity contribution in [2.24, 2.45) is 0 Å². The summed E-state index contributed by atoms with van der Waals surface area (Å²) < 4.78 is 4.98. The smallest absolute Gasteiger partial charge is 0.217 e. The second-order valence-electron chi connectivity index (χ2n) is 2.12. The van der Waals surface area contributed by atoms with Crippen LogP contribution in [-0.4, -0.2) is 5.91 Å². The van der Waals surface area contributed by atoms with E-state index in [9.17, 15) is 4.79 Å². The van der Waals surface area contributed by atoms with Crippen LogP contribution in [0.25, 0.3) is 0 Å². The van der Waals surface area contributed by atoms with E-state index in [0.717, 1.165) is 0 Å². The van der Waals surface area contributed by atoms with Crippen LogP contribution in [0.1, 0.15) is 12.7 Å². The van der Waals surface area contributed by atoms with Gasteiger partial charge < -0.3 is 9.73 Å². The summed E-state index contributed by atoms with van der Waals surface area (Å²) in [5.74, 6) is 0.572. The first-order valence-corrected chi connectivity index (χ1v) is 3.55. The van der Waals surface area contributed by atoms with Gasteiger partial charge in [-0.15, -0.1) is 0 Å². The van der Waals surface area contributed by atoms with Gasteiger partial charge in [-0.3, -0.25) is 4.79 Å². The van der Waals surface area contributed by atoms with Crippen LogP contribution in [-0.2, 0) is 11.3 Å². The first-order chi connectivity index (χ1) is 5.18. The highest BCUT2D eigenvalue weighted by Gasteiger charge is 1.98. The molecule has 0 bridgehead atoms. The Morgan fingerprint density at radius 3 is 2.91 bits per heavy atom. The summed E-state index contributed by atoms with van der Waals surface area (Å²) in [6.07, 6.45) is 0. The molecule has 4 heteroatoms. The third-order valence-electron chi connectivity index (χ3n) is 1.14. The van der Waals surface area contributed by atoms with Gasteiger partial charge in [-0.25, -0.2) is 0 Å². The van der Waals surface area contributed by atoms with Crippen LogP contribution in [0.5, 0.6) is 0 Å². The molecule has 1 amide bonds. The van der Waals surface area contributed by atoms with Gasteiger partial charge in [-0.05, 0) is 23.7 Å². The van der Waals surface area contributed by atoms with Crippen molar-refractivity contribution < 1.29 is 9.21 Å². The molecule has 0 fully saturated rings. The quantitative estimate of drug-likeness (QED) is 0.738. The topological polar surface area (TPSA) is 42.2 Å². The average Bonchev–Trinajstić information content (AvgIpc) is 2.31. The molecule has 1 aromatic rings. The van der Waals surface area contributed by atoms with Crippen LogP contribution in [0.15, 0.2) is 16.5 Å². The molecule has 0 spiro atoms. The Morgan fingerprint density at radius 2 is 2.45 bits per heavy atom. The van der Waals surface area contributed by atoms with E-state index in [2.05, 4.69) is 5.32 Å². The number of carbonyl (C=O) groups is 1. The summed E-state index contributed by atoms with van der Waals surface area (Å²) in [5, 5.41) is 2.92. The molecule has 0 saturated carbocycles. The number of hydrogen-bond donors (Lipinski definition) is 1. The van der Waals surface area contributed by atoms with Crippen LogP contribution in [0, 0.1) is 0 Å². The van der Waals surface area contributed by atoms with Gasteiger partial charge in [0.2, 0.25) is 5.91 Å². The van der Waals surface area contributed by atoms with Crippen LogP contribution >= 0.6 is 11.6 Å². The Kier molecular flexibility index (Phi) is 2.54. The zero-order chi connectivity index (χ0) is 8.27. The maximum atomic E-state index is 10.4. The van der Waals surface area contributed by atoms with Crippen molar-refractivity contribution in [2.75, 3.05) is 0 Å². The lowest BCUT2D eigenvalue weighted by Crippen LogP contribution is -2.18. The predicted octanol–water partition coefficient (Wildman–Crippen LogP) is 1.57. The standard InChI is InChI=1S/C7H8ClNO2/c1-5(10)9-4-6-2-3-7(8)11-6/h2-3H,4H2,1H3,(H,9,10). The highest BCUT2D eigenvalue weighted by molar-refractivity contribution is 6.28. The van der Waals surface area contributed by atoms with Gasteiger partial charge in [0.1, 0.15) is 5.76 Å². The predicted molar refractivity (Wildman–Crippen MR) is 41.2 cm³/mol. The number of nitrogens with one attached hydrogen (secondary N) is 1. The van der Waals surface area contributed by atoms with E-state index in [-0.39, 0.29) is 5.91 Å². The molecule has 1 heterocycles. The van der Waals surface area contributed by atoms with Gasteiger partial charge in [0.25, 0.3) is 0 Å². The number of hydrogen-bond acceptors (Lipinski definition) is 2. The Bertz CT molecular complexity index is 257. The fraction of sp³-hybridized carbons (Fsp3) is 0.286. The maximum absolute atomic E-state index is 10.4. The van der Waals surface area contributed by atoms with Crippen molar-refractivity contribution >= 4 is 17.5 Å². The molecule has 11 heavy (non-hydrogen) atoms. The van der Waals surface area contributed by atoms with Crippen molar-refractivity contribution in [3.63, 3.8) is 0 Å². The number of carbonyl (C=O) groups excluding carboxylic acids is 1. The third kappa shape index (κ3) is 2.63. The molecule has 0 aliphatic carbocycles. The number of amides is 1. The van der Waals surface area contributed by atoms with E-state index in [4.69, 9.17) is 16.0 Å². The van der Waals surface area contributed by atoms with Crippen molar-refractivity contribution in [3.05, 3.63) is 23.1 Å². The Hall–Kier alpha value is -0.960. The van der Waals surface area contributed by atoms with Crippen molar-refractivity contribution in [1.29, 1.82) is 0 Å². The summed E-state index contributed by atoms with van der Waals surface area (Å²) in [5.41, 5.74) is 0. The van der Waals surface area contributed by atoms with Gasteiger partial charge in [-0.1, -0.05) is 0 Å². The lowest BCUT2D eigenvalue weighted by Gasteiger charge is -1.95. The normalized spacial score (nSPS) is 9.64. The molecular weight excluding hydrogens is 166 g/mol. The Labute approximate surface area is 69.3 Å². The second-order valence-corrected chi connectivity index (χ2v) is 2.49. The molecule has 1 N–H and O–H groups in total. The van der Waals surface area contributed by atoms with Crippen LogP contribution in [0.4, 0.5) is 0 Å². The molecule has 60 valence electrons. The summed E-state index contributed by atoms with van der Waals surface area (Å²) in [6.45, 7) is 1.84. The molecule has 1 aromatic heterocycles. The fourth-order valence-corrected chi connectivity index (χ4v) is 0.820. The van der Waals surface area contributed by atoms with E-state index in [0.29, 0.717) is 17.5 Å². The average molecular weight is 174 g/mol. The summed E-state index contributed by atoms with van der Waals surface area (Å²) >= 11 is 5.50. The van der Waals surface area contributed by atoms with Crippen LogP contribution in [0.3, 0.4) is 0 Å². The van der Waals surface area contributed by atoms with Gasteiger partial charge in [0.05, 0.1) is 6.54 Å². The molecule has 0 aliphatic heterocycles. The van der Waals surface area contributed by atoms with Gasteiger partial charge in [0, 0.05) is 6.92 Å². The molecule has 0 aromatic carbocycles. The van der Waals surface area contributed by atoms with E-state index in [1.165, 1.54) is 6.92 Å². The largest absolute Gasteiger partial charge is 0.448 e. The van der Waals surface area contributed by atoms with Gasteiger partial charge >= 0.3 is 0 Å². The highest BCUT2D eigenvalue weighted by atomic mass is 35.5. The maximum Gasteiger partial charge on any atom is 0.217 e. The second kappa shape index (κ2) is 3.44. The SMILES string of the molecule is CC(=O)NCc1ccc(Cl)o1. The molecule has 0 saturated heterocycles. The summed E-state index contributed by atoms with van der Waals surface area (Å²) in [7, 11) is 0. The molecular formula is C7H8ClNO2. The lowest BCUT2D eigenvalue weighted by molar-refractivity contribution is -0.119. The van der Waals surface area contributed by atoms with Crippen molar-refractivity contribution in [2.45, 2.75) is 13.5 Å². The van der Waals surface area contributed by atoms with E-state index in [1.54, 1.807) is 12.1 Å². The Morgan fingerprint density at radius 1 is 1.73 bits per heavy atom. The fourth-order valence-electron chi connectivity index (χ4n) is 0.658. The molecule has 0 aliphatic rings. The first-order valence-electron chi connectivity index (χ1n) is 3.17. The first kappa shape index (κ1) is 8.14. The number of furan rings is 1.